The maximum absolute atomic E-state index is 10.9. The van der Waals surface area contributed by atoms with Gasteiger partial charge in [-0.05, 0) is 0 Å². The number of hydrogen-bond donors (Lipinski definition) is 0. The van der Waals surface area contributed by atoms with E-state index in [4.69, 9.17) is 18.3 Å². The van der Waals surface area contributed by atoms with Crippen molar-refractivity contribution < 1.29 is 27.9 Å². The van der Waals surface area contributed by atoms with Gasteiger partial charge in [-0.3, -0.25) is 0 Å². The van der Waals surface area contributed by atoms with E-state index in [1.807, 2.05) is 0 Å². The van der Waals surface area contributed by atoms with Gasteiger partial charge in [-0.25, -0.2) is 9.59 Å². The molecule has 0 N–H and O–H groups in total. The Morgan fingerprint density at radius 2 is 1.35 bits per heavy atom. The van der Waals surface area contributed by atoms with Crippen molar-refractivity contribution in [2.45, 2.75) is 0 Å². The molecule has 0 aromatic carbocycles. The Morgan fingerprint density at radius 3 is 1.59 bits per heavy atom. The quantitative estimate of drug-likeness (QED) is 0.354. The van der Waals surface area contributed by atoms with Crippen LogP contribution in [0.15, 0.2) is 25.3 Å². The van der Waals surface area contributed by atoms with E-state index in [1.165, 1.54) is 14.2 Å². The molecule has 0 saturated carbocycles. The highest BCUT2D eigenvalue weighted by atomic mass is 28.4. The third-order valence-corrected chi connectivity index (χ3v) is 4.60. The summed E-state index contributed by atoms with van der Waals surface area (Å²) < 4.78 is 20.0. The van der Waals surface area contributed by atoms with Crippen LogP contribution in [0, 0.1) is 0 Å². The SMILES string of the molecule is C=CC(=O)OC[Si](COC(=O)C=C)(OC)OC. The van der Waals surface area contributed by atoms with Gasteiger partial charge in [0.25, 0.3) is 0 Å². The lowest BCUT2D eigenvalue weighted by Crippen LogP contribution is -2.51. The maximum Gasteiger partial charge on any atom is 0.415 e. The molecule has 0 aliphatic rings. The van der Waals surface area contributed by atoms with E-state index in [9.17, 15) is 9.59 Å². The molecule has 0 bridgehead atoms. The molecule has 0 aromatic heterocycles. The van der Waals surface area contributed by atoms with Crippen molar-refractivity contribution in [3.8, 4) is 0 Å². The zero-order valence-corrected chi connectivity index (χ0v) is 10.9. The predicted molar refractivity (Wildman–Crippen MR) is 62.1 cm³/mol. The second kappa shape index (κ2) is 7.77. The molecule has 0 aliphatic heterocycles. The second-order valence-corrected chi connectivity index (χ2v) is 6.16. The Hall–Kier alpha value is -1.44. The number of esters is 2. The van der Waals surface area contributed by atoms with Crippen LogP contribution in [-0.4, -0.2) is 47.2 Å². The third-order valence-electron chi connectivity index (χ3n) is 1.95. The lowest BCUT2D eigenvalue weighted by Gasteiger charge is -2.25. The van der Waals surface area contributed by atoms with Crippen LogP contribution in [0.4, 0.5) is 0 Å². The van der Waals surface area contributed by atoms with Gasteiger partial charge in [0.05, 0.1) is 0 Å². The standard InChI is InChI=1S/C10H16O6Si/c1-5-9(11)15-7-17(13-3,14-4)8-16-10(12)6-2/h5-6H,1-2,7-8H2,3-4H3. The van der Waals surface area contributed by atoms with E-state index >= 15 is 0 Å². The van der Waals surface area contributed by atoms with Gasteiger partial charge in [0.2, 0.25) is 0 Å². The van der Waals surface area contributed by atoms with E-state index in [0.717, 1.165) is 12.2 Å². The van der Waals surface area contributed by atoms with Crippen LogP contribution < -0.4 is 0 Å². The molecule has 0 saturated heterocycles. The maximum atomic E-state index is 10.9. The van der Waals surface area contributed by atoms with Crippen molar-refractivity contribution >= 4 is 20.5 Å². The average Bonchev–Trinajstić information content (AvgIpc) is 2.38. The lowest BCUT2D eigenvalue weighted by molar-refractivity contribution is -0.137. The largest absolute Gasteiger partial charge is 0.461 e. The summed E-state index contributed by atoms with van der Waals surface area (Å²) in [6.45, 7) is 6.52. The lowest BCUT2D eigenvalue weighted by atomic mass is 10.7. The molecular formula is C10H16O6Si. The molecule has 0 spiro atoms. The summed E-state index contributed by atoms with van der Waals surface area (Å²) in [6.07, 6.45) is 1.88. The summed E-state index contributed by atoms with van der Waals surface area (Å²) in [7, 11) is -0.0792. The Labute approximate surface area is 101 Å². The fourth-order valence-electron chi connectivity index (χ4n) is 0.841. The summed E-state index contributed by atoms with van der Waals surface area (Å²) in [5, 5.41) is 0. The molecule has 17 heavy (non-hydrogen) atoms. The topological polar surface area (TPSA) is 71.1 Å². The van der Waals surface area contributed by atoms with Gasteiger partial charge in [0.15, 0.2) is 0 Å². The van der Waals surface area contributed by atoms with E-state index in [-0.39, 0.29) is 12.5 Å². The highest BCUT2D eigenvalue weighted by Crippen LogP contribution is 2.07. The Balaban J connectivity index is 4.43. The van der Waals surface area contributed by atoms with Gasteiger partial charge < -0.3 is 18.3 Å². The highest BCUT2D eigenvalue weighted by molar-refractivity contribution is 6.67. The molecule has 7 heteroatoms. The highest BCUT2D eigenvalue weighted by Gasteiger charge is 2.39. The fraction of sp³-hybridized carbons (Fsp3) is 0.400. The number of carbonyl (C=O) groups is 2. The minimum Gasteiger partial charge on any atom is -0.461 e. The molecule has 0 radical (unpaired) electrons. The Kier molecular flexibility index (Phi) is 7.11. The monoisotopic (exact) mass is 260 g/mol. The van der Waals surface area contributed by atoms with E-state index in [1.54, 1.807) is 0 Å². The summed E-state index contributed by atoms with van der Waals surface area (Å²) in [5.74, 6) is -1.18. The first-order chi connectivity index (χ1) is 8.03. The minimum absolute atomic E-state index is 0.0880. The number of ether oxygens (including phenoxy) is 2. The molecule has 0 aromatic rings. The van der Waals surface area contributed by atoms with Crippen molar-refractivity contribution in [1.29, 1.82) is 0 Å². The van der Waals surface area contributed by atoms with Crippen LogP contribution in [0.3, 0.4) is 0 Å². The molecule has 0 amide bonds. The van der Waals surface area contributed by atoms with E-state index in [0.29, 0.717) is 0 Å². The van der Waals surface area contributed by atoms with Gasteiger partial charge in [-0.1, -0.05) is 13.2 Å². The van der Waals surface area contributed by atoms with Crippen molar-refractivity contribution in [2.24, 2.45) is 0 Å². The van der Waals surface area contributed by atoms with Gasteiger partial charge in [-0.2, -0.15) is 0 Å². The second-order valence-electron chi connectivity index (χ2n) is 2.94. The number of carbonyl (C=O) groups excluding carboxylic acids is 2. The van der Waals surface area contributed by atoms with Crippen molar-refractivity contribution in [3.05, 3.63) is 25.3 Å². The summed E-state index contributed by atoms with van der Waals surface area (Å²) in [4.78, 5) is 21.9. The van der Waals surface area contributed by atoms with E-state index in [2.05, 4.69) is 13.2 Å². The fourth-order valence-corrected chi connectivity index (χ4v) is 2.29. The molecule has 0 heterocycles. The molecule has 0 fully saturated rings. The van der Waals surface area contributed by atoms with E-state index < -0.39 is 20.5 Å². The average molecular weight is 260 g/mol. The summed E-state index contributed by atoms with van der Waals surface area (Å²) in [6, 6.07) is 0. The summed E-state index contributed by atoms with van der Waals surface area (Å²) in [5.41, 5.74) is 0. The van der Waals surface area contributed by atoms with Crippen LogP contribution >= 0.6 is 0 Å². The first-order valence-electron chi connectivity index (χ1n) is 4.72. The first-order valence-corrected chi connectivity index (χ1v) is 6.95. The molecule has 0 atom stereocenters. The molecule has 0 unspecified atom stereocenters. The van der Waals surface area contributed by atoms with Crippen molar-refractivity contribution in [1.82, 2.24) is 0 Å². The van der Waals surface area contributed by atoms with Crippen LogP contribution in [0.25, 0.3) is 0 Å². The van der Waals surface area contributed by atoms with Crippen LogP contribution in [0.1, 0.15) is 0 Å². The van der Waals surface area contributed by atoms with Gasteiger partial charge in [0.1, 0.15) is 12.5 Å². The number of rotatable bonds is 8. The summed E-state index contributed by atoms with van der Waals surface area (Å²) >= 11 is 0. The molecule has 0 rings (SSSR count). The van der Waals surface area contributed by atoms with Gasteiger partial charge >= 0.3 is 20.5 Å². The molecule has 6 nitrogen and oxygen atoms in total. The third kappa shape index (κ3) is 5.43. The molecule has 0 aliphatic carbocycles. The van der Waals surface area contributed by atoms with Crippen LogP contribution in [-0.2, 0) is 27.9 Å². The smallest absolute Gasteiger partial charge is 0.415 e. The predicted octanol–water partition coefficient (Wildman–Crippen LogP) is 0.258. The Bertz CT molecular complexity index is 271. The van der Waals surface area contributed by atoms with Gasteiger partial charge in [-0.15, -0.1) is 0 Å². The molecule has 96 valence electrons. The zero-order chi connectivity index (χ0) is 13.3. The zero-order valence-electron chi connectivity index (χ0n) is 9.93. The van der Waals surface area contributed by atoms with Crippen LogP contribution in [0.2, 0.25) is 0 Å². The molecular weight excluding hydrogens is 244 g/mol. The minimum atomic E-state index is -2.88. The number of hydrogen-bond acceptors (Lipinski definition) is 6. The van der Waals surface area contributed by atoms with Crippen molar-refractivity contribution in [2.75, 3.05) is 26.7 Å². The van der Waals surface area contributed by atoms with Crippen molar-refractivity contribution in [3.63, 3.8) is 0 Å². The van der Waals surface area contributed by atoms with Gasteiger partial charge in [0, 0.05) is 26.4 Å². The first kappa shape index (κ1) is 15.6. The van der Waals surface area contributed by atoms with Crippen LogP contribution in [0.5, 0.6) is 0 Å². The Morgan fingerprint density at radius 1 is 1.00 bits per heavy atom. The normalized spacial score (nSPS) is 10.5.